The van der Waals surface area contributed by atoms with Crippen LogP contribution in [0.2, 0.25) is 0 Å². The van der Waals surface area contributed by atoms with E-state index in [1.807, 2.05) is 0 Å². The minimum absolute atomic E-state index is 1.90. The van der Waals surface area contributed by atoms with Crippen LogP contribution in [0, 0.1) is 5.92 Å². The summed E-state index contributed by atoms with van der Waals surface area (Å²) >= 11 is 0. The molecule has 1 fully saturated rings. The highest BCUT2D eigenvalue weighted by Gasteiger charge is 2.69. The molecule has 0 N–H and O–H groups in total. The van der Waals surface area contributed by atoms with E-state index >= 15 is 0 Å². The van der Waals surface area contributed by atoms with Crippen LogP contribution in [0.1, 0.15) is 0 Å². The molecular formula is C5H4F6O2S. The van der Waals surface area contributed by atoms with Crippen molar-refractivity contribution in [2.45, 2.75) is 17.6 Å². The van der Waals surface area contributed by atoms with Crippen LogP contribution in [-0.2, 0) is 9.84 Å². The first kappa shape index (κ1) is 11.6. The third-order valence-electron chi connectivity index (χ3n) is 1.91. The summed E-state index contributed by atoms with van der Waals surface area (Å²) in [5, 5.41) is -4.94. The first-order valence-corrected chi connectivity index (χ1v) is 4.96. The molecule has 0 aromatic carbocycles. The van der Waals surface area contributed by atoms with Crippen molar-refractivity contribution in [1.82, 2.24) is 0 Å². The first-order valence-electron chi connectivity index (χ1n) is 3.31. The minimum atomic E-state index is -5.33. The molecule has 0 aromatic rings. The fourth-order valence-electron chi connectivity index (χ4n) is 1.10. The highest BCUT2D eigenvalue weighted by atomic mass is 32.2. The highest BCUT2D eigenvalue weighted by Crippen LogP contribution is 2.47. The van der Waals surface area contributed by atoms with Crippen molar-refractivity contribution < 1.29 is 34.8 Å². The quantitative estimate of drug-likeness (QED) is 0.603. The van der Waals surface area contributed by atoms with E-state index in [-0.39, 0.29) is 0 Å². The van der Waals surface area contributed by atoms with Crippen molar-refractivity contribution in [1.29, 1.82) is 0 Å². The van der Waals surface area contributed by atoms with Crippen LogP contribution in [0.5, 0.6) is 0 Å². The van der Waals surface area contributed by atoms with Gasteiger partial charge >= 0.3 is 11.4 Å². The molecule has 84 valence electrons. The zero-order valence-corrected chi connectivity index (χ0v) is 7.17. The van der Waals surface area contributed by atoms with E-state index in [1.54, 1.807) is 0 Å². The summed E-state index contributed by atoms with van der Waals surface area (Å²) in [5.74, 6) is -5.03. The third kappa shape index (κ3) is 1.47. The van der Waals surface area contributed by atoms with E-state index < -0.39 is 39.1 Å². The fraction of sp³-hybridized carbons (Fsp3) is 1.00. The van der Waals surface area contributed by atoms with E-state index in [1.165, 1.54) is 0 Å². The second-order valence-corrected chi connectivity index (χ2v) is 5.00. The molecule has 0 amide bonds. The average molecular weight is 242 g/mol. The van der Waals surface area contributed by atoms with Gasteiger partial charge in [-0.05, 0) is 0 Å². The number of rotatable bonds is 0. The fourth-order valence-corrected chi connectivity index (χ4v) is 2.66. The Bertz CT molecular complexity index is 331. The molecule has 1 rings (SSSR count). The molecule has 1 aliphatic heterocycles. The van der Waals surface area contributed by atoms with Gasteiger partial charge in [0.05, 0.1) is 5.75 Å². The van der Waals surface area contributed by atoms with E-state index in [2.05, 4.69) is 0 Å². The Balaban J connectivity index is 3.14. The van der Waals surface area contributed by atoms with Gasteiger partial charge in [-0.1, -0.05) is 0 Å². The van der Waals surface area contributed by atoms with E-state index in [9.17, 15) is 34.8 Å². The average Bonchev–Trinajstić information content (AvgIpc) is 2.09. The molecular weight excluding hydrogens is 238 g/mol. The van der Waals surface area contributed by atoms with E-state index in [0.29, 0.717) is 0 Å². The zero-order valence-electron chi connectivity index (χ0n) is 6.35. The summed E-state index contributed by atoms with van der Waals surface area (Å²) in [7, 11) is -5.33. The lowest BCUT2D eigenvalue weighted by atomic mass is 10.1. The van der Waals surface area contributed by atoms with Crippen molar-refractivity contribution in [3.63, 3.8) is 0 Å². The topological polar surface area (TPSA) is 34.1 Å². The first-order chi connectivity index (χ1) is 6.00. The maximum atomic E-state index is 12.5. The van der Waals surface area contributed by atoms with Gasteiger partial charge in [-0.25, -0.2) is 12.8 Å². The lowest BCUT2D eigenvalue weighted by Crippen LogP contribution is -2.37. The van der Waals surface area contributed by atoms with Crippen LogP contribution in [0.25, 0.3) is 0 Å². The van der Waals surface area contributed by atoms with E-state index in [4.69, 9.17) is 0 Å². The number of hydrogen-bond donors (Lipinski definition) is 0. The summed E-state index contributed by atoms with van der Waals surface area (Å²) in [4.78, 5) is 0. The minimum Gasteiger partial charge on any atom is -0.239 e. The zero-order chi connectivity index (χ0) is 11.4. The Morgan fingerprint density at radius 1 is 1.21 bits per heavy atom. The predicted molar refractivity (Wildman–Crippen MR) is 33.2 cm³/mol. The third-order valence-corrected chi connectivity index (χ3v) is 3.76. The number of sulfone groups is 1. The molecule has 14 heavy (non-hydrogen) atoms. The van der Waals surface area contributed by atoms with Crippen LogP contribution >= 0.6 is 0 Å². The maximum absolute atomic E-state index is 12.5. The van der Waals surface area contributed by atoms with Gasteiger partial charge in [-0.2, -0.15) is 22.0 Å². The number of alkyl halides is 6. The number of hydrogen-bond acceptors (Lipinski definition) is 2. The molecule has 0 bridgehead atoms. The van der Waals surface area contributed by atoms with Crippen LogP contribution in [0.3, 0.4) is 0 Å². The van der Waals surface area contributed by atoms with Crippen LogP contribution in [0.15, 0.2) is 0 Å². The molecule has 1 aliphatic rings. The lowest BCUT2D eigenvalue weighted by molar-refractivity contribution is -0.195. The largest absolute Gasteiger partial charge is 0.395 e. The normalized spacial score (nSPS) is 35.9. The van der Waals surface area contributed by atoms with Gasteiger partial charge in [0.15, 0.2) is 6.17 Å². The second kappa shape index (κ2) is 2.77. The van der Waals surface area contributed by atoms with Crippen molar-refractivity contribution in [2.24, 2.45) is 5.92 Å². The van der Waals surface area contributed by atoms with Crippen LogP contribution in [-0.4, -0.2) is 31.8 Å². The van der Waals surface area contributed by atoms with Gasteiger partial charge in [-0.15, -0.1) is 0 Å². The molecule has 0 spiro atoms. The molecule has 0 saturated carbocycles. The molecule has 2 nitrogen and oxygen atoms in total. The highest BCUT2D eigenvalue weighted by molar-refractivity contribution is 7.92. The van der Waals surface area contributed by atoms with Gasteiger partial charge in [0, 0.05) is 0 Å². The monoisotopic (exact) mass is 242 g/mol. The van der Waals surface area contributed by atoms with Gasteiger partial charge in [0.25, 0.3) is 0 Å². The standard InChI is InChI=1S/C5H4F6O2S/c6-3-2(4(7,8)9)1-14(12,13)5(3,10)11/h2-3H,1H2. The van der Waals surface area contributed by atoms with Crippen molar-refractivity contribution in [2.75, 3.05) is 5.75 Å². The number of halogens is 6. The molecule has 2 atom stereocenters. The van der Waals surface area contributed by atoms with Crippen LogP contribution in [0.4, 0.5) is 26.3 Å². The molecule has 1 heterocycles. The van der Waals surface area contributed by atoms with Crippen molar-refractivity contribution >= 4 is 9.84 Å². The second-order valence-electron chi connectivity index (χ2n) is 2.89. The summed E-state index contributed by atoms with van der Waals surface area (Å²) < 4.78 is 93.9. The molecule has 1 saturated heterocycles. The molecule has 0 aromatic heterocycles. The van der Waals surface area contributed by atoms with E-state index in [0.717, 1.165) is 0 Å². The SMILES string of the molecule is O=S1(=O)CC(C(F)(F)F)C(F)C1(F)F. The van der Waals surface area contributed by atoms with Crippen molar-refractivity contribution in [3.05, 3.63) is 0 Å². The summed E-state index contributed by atoms with van der Waals surface area (Å²) in [6.45, 7) is 0. The molecule has 0 aliphatic carbocycles. The summed E-state index contributed by atoms with van der Waals surface area (Å²) in [5.41, 5.74) is 0. The Morgan fingerprint density at radius 2 is 1.64 bits per heavy atom. The van der Waals surface area contributed by atoms with Gasteiger partial charge in [0.1, 0.15) is 5.92 Å². The maximum Gasteiger partial charge on any atom is 0.395 e. The molecule has 2 unspecified atom stereocenters. The van der Waals surface area contributed by atoms with Gasteiger partial charge in [-0.3, -0.25) is 0 Å². The van der Waals surface area contributed by atoms with Gasteiger partial charge < -0.3 is 0 Å². The summed E-state index contributed by atoms with van der Waals surface area (Å²) in [6, 6.07) is 0. The smallest absolute Gasteiger partial charge is 0.239 e. The van der Waals surface area contributed by atoms with Crippen molar-refractivity contribution in [3.8, 4) is 0 Å². The summed E-state index contributed by atoms with van der Waals surface area (Å²) in [6.07, 6.45) is -8.99. The predicted octanol–water partition coefficient (Wildman–Crippen LogP) is 1.52. The lowest BCUT2D eigenvalue weighted by Gasteiger charge is -2.16. The Kier molecular flexibility index (Phi) is 2.29. The van der Waals surface area contributed by atoms with Crippen LogP contribution < -0.4 is 0 Å². The Hall–Kier alpha value is -0.470. The Morgan fingerprint density at radius 3 is 1.79 bits per heavy atom. The Labute approximate surface area is 74.8 Å². The molecule has 0 radical (unpaired) electrons. The molecule has 9 heteroatoms. The van der Waals surface area contributed by atoms with Gasteiger partial charge in [0.2, 0.25) is 9.84 Å².